The van der Waals surface area contributed by atoms with Gasteiger partial charge in [0.15, 0.2) is 5.96 Å². The number of fused-ring (bicyclic) bond motifs is 1. The fraction of sp³-hybridized carbons (Fsp3) is 0.476. The molecular formula is C21H30N6S. The molecule has 6 nitrogen and oxygen atoms in total. The summed E-state index contributed by atoms with van der Waals surface area (Å²) >= 11 is 1.79. The minimum Gasteiger partial charge on any atom is -0.356 e. The van der Waals surface area contributed by atoms with E-state index in [1.54, 1.807) is 11.3 Å². The number of guanidine groups is 1. The van der Waals surface area contributed by atoms with E-state index in [-0.39, 0.29) is 6.04 Å². The fourth-order valence-corrected chi connectivity index (χ4v) is 4.38. The molecular weight excluding hydrogens is 368 g/mol. The predicted molar refractivity (Wildman–Crippen MR) is 118 cm³/mol. The van der Waals surface area contributed by atoms with Gasteiger partial charge in [-0.3, -0.25) is 9.67 Å². The first-order valence-corrected chi connectivity index (χ1v) is 10.6. The number of rotatable bonds is 7. The van der Waals surface area contributed by atoms with Crippen molar-refractivity contribution in [2.24, 2.45) is 12.0 Å². The zero-order chi connectivity index (χ0) is 20.1. The highest BCUT2D eigenvalue weighted by atomic mass is 32.1. The van der Waals surface area contributed by atoms with Crippen LogP contribution in [0, 0.1) is 13.8 Å². The largest absolute Gasteiger partial charge is 0.356 e. The van der Waals surface area contributed by atoms with E-state index in [2.05, 4.69) is 59.7 Å². The number of thiazole rings is 1. The molecule has 0 saturated heterocycles. The number of benzene rings is 1. The Labute approximate surface area is 171 Å². The molecule has 7 heteroatoms. The van der Waals surface area contributed by atoms with Crippen LogP contribution in [0.4, 0.5) is 0 Å². The van der Waals surface area contributed by atoms with E-state index in [1.807, 2.05) is 24.8 Å². The Kier molecular flexibility index (Phi) is 6.67. The molecule has 1 aromatic carbocycles. The minimum absolute atomic E-state index is 0.275. The molecule has 2 N–H and O–H groups in total. The molecule has 0 fully saturated rings. The highest BCUT2D eigenvalue weighted by Crippen LogP contribution is 2.22. The Bertz CT molecular complexity index is 922. The molecule has 0 saturated carbocycles. The third-order valence-corrected chi connectivity index (χ3v) is 6.07. The second-order valence-corrected chi connectivity index (χ2v) is 8.32. The van der Waals surface area contributed by atoms with Gasteiger partial charge in [0.05, 0.1) is 20.9 Å². The lowest BCUT2D eigenvalue weighted by Crippen LogP contribution is -2.43. The average molecular weight is 399 g/mol. The van der Waals surface area contributed by atoms with E-state index < -0.39 is 0 Å². The molecule has 28 heavy (non-hydrogen) atoms. The van der Waals surface area contributed by atoms with Gasteiger partial charge >= 0.3 is 0 Å². The molecule has 2 heterocycles. The fourth-order valence-electron chi connectivity index (χ4n) is 3.37. The summed E-state index contributed by atoms with van der Waals surface area (Å²) < 4.78 is 3.21. The smallest absolute Gasteiger partial charge is 0.191 e. The van der Waals surface area contributed by atoms with E-state index in [9.17, 15) is 0 Å². The Morgan fingerprint density at radius 2 is 2.07 bits per heavy atom. The molecule has 3 aromatic rings. The number of aromatic nitrogens is 3. The maximum absolute atomic E-state index is 4.70. The number of hydrogen-bond donors (Lipinski definition) is 2. The van der Waals surface area contributed by atoms with Gasteiger partial charge in [-0.25, -0.2) is 4.98 Å². The Balaban J connectivity index is 1.45. The van der Waals surface area contributed by atoms with Crippen LogP contribution in [0.25, 0.3) is 10.2 Å². The van der Waals surface area contributed by atoms with Gasteiger partial charge in [0.1, 0.15) is 0 Å². The summed E-state index contributed by atoms with van der Waals surface area (Å²) in [5.41, 5.74) is 4.74. The predicted octanol–water partition coefficient (Wildman–Crippen LogP) is 3.38. The van der Waals surface area contributed by atoms with Crippen LogP contribution in [-0.4, -0.2) is 40.4 Å². The molecule has 0 amide bonds. The highest BCUT2D eigenvalue weighted by molar-refractivity contribution is 7.18. The van der Waals surface area contributed by atoms with E-state index in [0.29, 0.717) is 0 Å². The van der Waals surface area contributed by atoms with Crippen LogP contribution in [0.2, 0.25) is 0 Å². The maximum atomic E-state index is 4.70. The number of nitrogens with one attached hydrogen (secondary N) is 2. The zero-order valence-corrected chi connectivity index (χ0v) is 18.2. The molecule has 2 aromatic heterocycles. The van der Waals surface area contributed by atoms with Crippen molar-refractivity contribution in [1.82, 2.24) is 25.4 Å². The van der Waals surface area contributed by atoms with Gasteiger partial charge in [-0.05, 0) is 51.3 Å². The van der Waals surface area contributed by atoms with Crippen molar-refractivity contribution in [2.45, 2.75) is 46.1 Å². The molecule has 0 bridgehead atoms. The van der Waals surface area contributed by atoms with Crippen LogP contribution in [0.5, 0.6) is 0 Å². The molecule has 0 spiro atoms. The quantitative estimate of drug-likeness (QED) is 0.364. The maximum Gasteiger partial charge on any atom is 0.191 e. The molecule has 0 aliphatic heterocycles. The Morgan fingerprint density at radius 1 is 1.29 bits per heavy atom. The summed E-state index contributed by atoms with van der Waals surface area (Å²) in [5.74, 6) is 0.844. The lowest BCUT2D eigenvalue weighted by molar-refractivity contribution is 0.631. The van der Waals surface area contributed by atoms with Crippen molar-refractivity contribution in [3.05, 3.63) is 46.2 Å². The Morgan fingerprint density at radius 3 is 2.75 bits per heavy atom. The first kappa shape index (κ1) is 20.3. The molecule has 3 rings (SSSR count). The van der Waals surface area contributed by atoms with Gasteiger partial charge in [0.25, 0.3) is 0 Å². The number of hydrogen-bond acceptors (Lipinski definition) is 4. The van der Waals surface area contributed by atoms with Crippen molar-refractivity contribution in [3.63, 3.8) is 0 Å². The third-order valence-electron chi connectivity index (χ3n) is 4.97. The summed E-state index contributed by atoms with van der Waals surface area (Å²) in [6, 6.07) is 8.59. The van der Waals surface area contributed by atoms with Crippen molar-refractivity contribution >= 4 is 27.5 Å². The van der Waals surface area contributed by atoms with Gasteiger partial charge in [-0.2, -0.15) is 5.10 Å². The molecule has 150 valence electrons. The van der Waals surface area contributed by atoms with Crippen molar-refractivity contribution in [1.29, 1.82) is 0 Å². The van der Waals surface area contributed by atoms with E-state index in [0.717, 1.165) is 43.0 Å². The SMILES string of the molecule is CN=C(NCCCc1nc2ccccc2s1)NC(C)Cc1c(C)nn(C)c1C. The summed E-state index contributed by atoms with van der Waals surface area (Å²) in [7, 11) is 3.81. The number of para-hydroxylation sites is 1. The third kappa shape index (κ3) is 4.90. The molecule has 1 unspecified atom stereocenters. The van der Waals surface area contributed by atoms with Crippen LogP contribution < -0.4 is 10.6 Å². The second kappa shape index (κ2) is 9.19. The minimum atomic E-state index is 0.275. The van der Waals surface area contributed by atoms with Crippen molar-refractivity contribution in [2.75, 3.05) is 13.6 Å². The summed E-state index contributed by atoms with van der Waals surface area (Å²) in [6.07, 6.45) is 2.93. The van der Waals surface area contributed by atoms with Crippen LogP contribution in [0.3, 0.4) is 0 Å². The van der Waals surface area contributed by atoms with Gasteiger partial charge in [-0.15, -0.1) is 11.3 Å². The summed E-state index contributed by atoms with van der Waals surface area (Å²) in [4.78, 5) is 9.06. The second-order valence-electron chi connectivity index (χ2n) is 7.20. The summed E-state index contributed by atoms with van der Waals surface area (Å²) in [6.45, 7) is 7.24. The van der Waals surface area contributed by atoms with Crippen molar-refractivity contribution in [3.8, 4) is 0 Å². The monoisotopic (exact) mass is 398 g/mol. The van der Waals surface area contributed by atoms with Crippen LogP contribution in [-0.2, 0) is 19.9 Å². The number of aryl methyl sites for hydroxylation is 3. The van der Waals surface area contributed by atoms with Crippen LogP contribution in [0.1, 0.15) is 35.3 Å². The van der Waals surface area contributed by atoms with Gasteiger partial charge in [0, 0.05) is 38.8 Å². The van der Waals surface area contributed by atoms with Crippen LogP contribution in [0.15, 0.2) is 29.3 Å². The first-order valence-electron chi connectivity index (χ1n) is 9.78. The van der Waals surface area contributed by atoms with Gasteiger partial charge in [0.2, 0.25) is 0 Å². The van der Waals surface area contributed by atoms with Gasteiger partial charge < -0.3 is 10.6 Å². The Hall–Kier alpha value is -2.41. The summed E-state index contributed by atoms with van der Waals surface area (Å²) in [5, 5.41) is 12.6. The number of nitrogens with zero attached hydrogens (tertiary/aromatic N) is 4. The molecule has 1 atom stereocenters. The van der Waals surface area contributed by atoms with E-state index in [4.69, 9.17) is 4.98 Å². The van der Waals surface area contributed by atoms with Crippen molar-refractivity contribution < 1.29 is 0 Å². The molecule has 0 radical (unpaired) electrons. The zero-order valence-electron chi connectivity index (χ0n) is 17.4. The lowest BCUT2D eigenvalue weighted by Gasteiger charge is -2.18. The normalized spacial score (nSPS) is 13.1. The standard InChI is InChI=1S/C21H30N6S/c1-14(13-17-15(2)26-27(5)16(17)3)24-21(22-4)23-12-8-11-20-25-18-9-6-7-10-19(18)28-20/h6-7,9-10,14H,8,11-13H2,1-5H3,(H2,22,23,24). The van der Waals surface area contributed by atoms with Gasteiger partial charge in [-0.1, -0.05) is 12.1 Å². The van der Waals surface area contributed by atoms with E-state index >= 15 is 0 Å². The first-order chi connectivity index (χ1) is 13.5. The highest BCUT2D eigenvalue weighted by Gasteiger charge is 2.14. The van der Waals surface area contributed by atoms with Crippen LogP contribution >= 0.6 is 11.3 Å². The lowest BCUT2D eigenvalue weighted by atomic mass is 10.1. The molecule has 0 aliphatic rings. The molecule has 0 aliphatic carbocycles. The number of aliphatic imine (C=N–C) groups is 1. The topological polar surface area (TPSA) is 67.1 Å². The average Bonchev–Trinajstić information content (AvgIpc) is 3.19. The van der Waals surface area contributed by atoms with E-state index in [1.165, 1.54) is 21.0 Å².